The summed E-state index contributed by atoms with van der Waals surface area (Å²) in [6.45, 7) is 3.59. The monoisotopic (exact) mass is 264 g/mol. The van der Waals surface area contributed by atoms with E-state index in [4.69, 9.17) is 4.74 Å². The van der Waals surface area contributed by atoms with E-state index in [9.17, 15) is 4.79 Å². The fraction of sp³-hybridized carbons (Fsp3) is 0.692. The lowest BCUT2D eigenvalue weighted by Crippen LogP contribution is -2.50. The van der Waals surface area contributed by atoms with Crippen LogP contribution in [0.3, 0.4) is 0 Å². The highest BCUT2D eigenvalue weighted by atomic mass is 16.5. The molecule has 3 rings (SSSR count). The Morgan fingerprint density at radius 1 is 1.47 bits per heavy atom. The SMILES string of the molecule is COC1CN(Cc2cc3n(n2)CCCC(=O)N3C)C1. The van der Waals surface area contributed by atoms with Crippen molar-refractivity contribution in [1.29, 1.82) is 0 Å². The number of rotatable bonds is 3. The number of carbonyl (C=O) groups excluding carboxylic acids is 1. The molecule has 0 spiro atoms. The second kappa shape index (κ2) is 4.94. The number of ether oxygens (including phenoxy) is 1. The maximum absolute atomic E-state index is 11.8. The van der Waals surface area contributed by atoms with Crippen molar-refractivity contribution in [2.45, 2.75) is 32.0 Å². The van der Waals surface area contributed by atoms with Crippen LogP contribution in [-0.4, -0.2) is 53.9 Å². The minimum atomic E-state index is 0.175. The lowest BCUT2D eigenvalue weighted by molar-refractivity contribution is -0.118. The molecule has 0 N–H and O–H groups in total. The summed E-state index contributed by atoms with van der Waals surface area (Å²) in [5.74, 6) is 1.09. The Morgan fingerprint density at radius 3 is 3.00 bits per heavy atom. The van der Waals surface area contributed by atoms with Gasteiger partial charge in [0.2, 0.25) is 5.91 Å². The van der Waals surface area contributed by atoms with Crippen LogP contribution in [0.1, 0.15) is 18.5 Å². The molecule has 3 heterocycles. The number of amides is 1. The molecule has 0 aliphatic carbocycles. The fourth-order valence-electron chi connectivity index (χ4n) is 2.68. The van der Waals surface area contributed by atoms with E-state index in [1.165, 1.54) is 0 Å². The third-order valence-corrected chi connectivity index (χ3v) is 3.93. The molecule has 6 heteroatoms. The first-order valence-corrected chi connectivity index (χ1v) is 6.76. The second-order valence-corrected chi connectivity index (χ2v) is 5.33. The van der Waals surface area contributed by atoms with Gasteiger partial charge in [-0.15, -0.1) is 0 Å². The summed E-state index contributed by atoms with van der Waals surface area (Å²) in [6.07, 6.45) is 1.84. The van der Waals surface area contributed by atoms with Crippen LogP contribution in [0.5, 0.6) is 0 Å². The molecule has 0 aromatic carbocycles. The van der Waals surface area contributed by atoms with E-state index < -0.39 is 0 Å². The second-order valence-electron chi connectivity index (χ2n) is 5.33. The van der Waals surface area contributed by atoms with E-state index in [0.29, 0.717) is 12.5 Å². The third-order valence-electron chi connectivity index (χ3n) is 3.93. The molecule has 0 unspecified atom stereocenters. The fourth-order valence-corrected chi connectivity index (χ4v) is 2.68. The minimum absolute atomic E-state index is 0.175. The summed E-state index contributed by atoms with van der Waals surface area (Å²) in [7, 11) is 3.58. The summed E-state index contributed by atoms with van der Waals surface area (Å²) in [5, 5.41) is 4.61. The van der Waals surface area contributed by atoms with Gasteiger partial charge in [0.15, 0.2) is 0 Å². The average molecular weight is 264 g/mol. The van der Waals surface area contributed by atoms with Gasteiger partial charge in [-0.1, -0.05) is 0 Å². The smallest absolute Gasteiger partial charge is 0.227 e. The molecule has 0 bridgehead atoms. The molecule has 6 nitrogen and oxygen atoms in total. The van der Waals surface area contributed by atoms with Crippen molar-refractivity contribution in [3.63, 3.8) is 0 Å². The van der Waals surface area contributed by atoms with E-state index in [-0.39, 0.29) is 5.91 Å². The van der Waals surface area contributed by atoms with Gasteiger partial charge in [0, 0.05) is 52.8 Å². The van der Waals surface area contributed by atoms with E-state index >= 15 is 0 Å². The van der Waals surface area contributed by atoms with Crippen molar-refractivity contribution in [2.75, 3.05) is 32.1 Å². The highest BCUT2D eigenvalue weighted by Gasteiger charge is 2.28. The number of likely N-dealkylation sites (tertiary alicyclic amines) is 1. The molecular weight excluding hydrogens is 244 g/mol. The van der Waals surface area contributed by atoms with Crippen LogP contribution >= 0.6 is 0 Å². The van der Waals surface area contributed by atoms with Crippen LogP contribution in [0.4, 0.5) is 5.82 Å². The number of aromatic nitrogens is 2. The number of anilines is 1. The topological polar surface area (TPSA) is 50.6 Å². The Morgan fingerprint density at radius 2 is 2.26 bits per heavy atom. The van der Waals surface area contributed by atoms with Crippen LogP contribution < -0.4 is 4.90 Å². The number of hydrogen-bond acceptors (Lipinski definition) is 4. The number of aryl methyl sites for hydroxylation is 1. The maximum Gasteiger partial charge on any atom is 0.227 e. The summed E-state index contributed by atoms with van der Waals surface area (Å²) in [5.41, 5.74) is 1.03. The van der Waals surface area contributed by atoms with Gasteiger partial charge in [0.1, 0.15) is 5.82 Å². The molecule has 0 saturated carbocycles. The summed E-state index contributed by atoms with van der Waals surface area (Å²) >= 11 is 0. The molecule has 1 amide bonds. The molecule has 1 fully saturated rings. The Bertz CT molecular complexity index is 479. The summed E-state index contributed by atoms with van der Waals surface area (Å²) in [4.78, 5) is 15.8. The Labute approximate surface area is 112 Å². The van der Waals surface area contributed by atoms with Gasteiger partial charge in [0.05, 0.1) is 11.8 Å². The number of fused-ring (bicyclic) bond motifs is 1. The predicted molar refractivity (Wildman–Crippen MR) is 70.9 cm³/mol. The Kier molecular flexibility index (Phi) is 3.28. The third kappa shape index (κ3) is 2.37. The molecule has 1 aromatic heterocycles. The van der Waals surface area contributed by atoms with Crippen molar-refractivity contribution >= 4 is 11.7 Å². The van der Waals surface area contributed by atoms with Crippen LogP contribution in [0, 0.1) is 0 Å². The van der Waals surface area contributed by atoms with Crippen LogP contribution in [0.25, 0.3) is 0 Å². The van der Waals surface area contributed by atoms with E-state index in [2.05, 4.69) is 10.00 Å². The van der Waals surface area contributed by atoms with Gasteiger partial charge in [-0.25, -0.2) is 4.68 Å². The lowest BCUT2D eigenvalue weighted by atomic mass is 10.1. The van der Waals surface area contributed by atoms with Gasteiger partial charge in [-0.3, -0.25) is 9.69 Å². The van der Waals surface area contributed by atoms with Crippen LogP contribution in [0.15, 0.2) is 6.07 Å². The van der Waals surface area contributed by atoms with Gasteiger partial charge in [-0.05, 0) is 6.42 Å². The molecule has 0 radical (unpaired) electrons. The first kappa shape index (κ1) is 12.6. The zero-order chi connectivity index (χ0) is 13.4. The highest BCUT2D eigenvalue weighted by Crippen LogP contribution is 2.22. The molecule has 2 aliphatic heterocycles. The average Bonchev–Trinajstić information content (AvgIpc) is 2.70. The number of hydrogen-bond donors (Lipinski definition) is 0. The molecular formula is C13H20N4O2. The van der Waals surface area contributed by atoms with Gasteiger partial charge in [0.25, 0.3) is 0 Å². The van der Waals surface area contributed by atoms with Crippen molar-refractivity contribution in [3.8, 4) is 0 Å². The molecule has 19 heavy (non-hydrogen) atoms. The maximum atomic E-state index is 11.8. The molecule has 1 saturated heterocycles. The van der Waals surface area contributed by atoms with E-state index in [1.807, 2.05) is 17.8 Å². The van der Waals surface area contributed by atoms with E-state index in [1.54, 1.807) is 12.0 Å². The quantitative estimate of drug-likeness (QED) is 0.796. The standard InChI is InChI=1S/C13H20N4O2/c1-15-12-6-10(7-16-8-11(9-16)19-2)14-17(12)5-3-4-13(15)18/h6,11H,3-5,7-9H2,1-2H3. The normalized spacial score (nSPS) is 21.2. The minimum Gasteiger partial charge on any atom is -0.379 e. The summed E-state index contributed by atoms with van der Waals surface area (Å²) < 4.78 is 7.22. The molecule has 2 aliphatic rings. The Balaban J connectivity index is 1.70. The molecule has 104 valence electrons. The number of methoxy groups -OCH3 is 1. The van der Waals surface area contributed by atoms with Crippen LogP contribution in [0.2, 0.25) is 0 Å². The zero-order valence-corrected chi connectivity index (χ0v) is 11.5. The van der Waals surface area contributed by atoms with Gasteiger partial charge in [-0.2, -0.15) is 5.10 Å². The highest BCUT2D eigenvalue weighted by molar-refractivity contribution is 5.92. The summed E-state index contributed by atoms with van der Waals surface area (Å²) in [6, 6.07) is 2.03. The van der Waals surface area contributed by atoms with Crippen molar-refractivity contribution in [1.82, 2.24) is 14.7 Å². The number of nitrogens with zero attached hydrogens (tertiary/aromatic N) is 4. The molecule has 0 atom stereocenters. The molecule has 1 aromatic rings. The van der Waals surface area contributed by atoms with Crippen LogP contribution in [-0.2, 0) is 22.6 Å². The van der Waals surface area contributed by atoms with Crippen molar-refractivity contribution in [2.24, 2.45) is 0 Å². The van der Waals surface area contributed by atoms with E-state index in [0.717, 1.165) is 44.1 Å². The lowest BCUT2D eigenvalue weighted by Gasteiger charge is -2.37. The first-order valence-electron chi connectivity index (χ1n) is 6.76. The number of carbonyl (C=O) groups is 1. The first-order chi connectivity index (χ1) is 9.17. The van der Waals surface area contributed by atoms with Gasteiger partial charge >= 0.3 is 0 Å². The van der Waals surface area contributed by atoms with Crippen molar-refractivity contribution < 1.29 is 9.53 Å². The zero-order valence-electron chi connectivity index (χ0n) is 11.5. The van der Waals surface area contributed by atoms with Gasteiger partial charge < -0.3 is 9.64 Å². The Hall–Kier alpha value is -1.40. The van der Waals surface area contributed by atoms with Crippen molar-refractivity contribution in [3.05, 3.63) is 11.8 Å². The predicted octanol–water partition coefficient (Wildman–Crippen LogP) is 0.470. The largest absolute Gasteiger partial charge is 0.379 e.